The molecule has 2 rings (SSSR count). The molecule has 4 heteroatoms. The van der Waals surface area contributed by atoms with E-state index in [9.17, 15) is 4.79 Å². The summed E-state index contributed by atoms with van der Waals surface area (Å²) in [4.78, 5) is 11.8. The summed E-state index contributed by atoms with van der Waals surface area (Å²) in [5, 5.41) is 3.49. The number of hydrogen-bond donors (Lipinski definition) is 1. The second kappa shape index (κ2) is 4.87. The van der Waals surface area contributed by atoms with Crippen LogP contribution in [0, 0.1) is 5.92 Å². The Kier molecular flexibility index (Phi) is 3.49. The number of imidazole rings is 1. The molecule has 1 N–H and O–H groups in total. The van der Waals surface area contributed by atoms with E-state index in [1.54, 1.807) is 4.57 Å². The summed E-state index contributed by atoms with van der Waals surface area (Å²) < 4.78 is 3.55. The van der Waals surface area contributed by atoms with Crippen molar-refractivity contribution in [2.45, 2.75) is 45.8 Å². The van der Waals surface area contributed by atoms with Crippen molar-refractivity contribution in [3.63, 3.8) is 0 Å². The maximum absolute atomic E-state index is 11.8. The maximum atomic E-state index is 11.8. The number of nitrogens with one attached hydrogen (secondary N) is 1. The fraction of sp³-hybridized carbons (Fsp3) is 0.750. The first-order valence-electron chi connectivity index (χ1n) is 6.19. The second-order valence-electron chi connectivity index (χ2n) is 4.81. The maximum Gasteiger partial charge on any atom is 0.328 e. The molecule has 0 saturated heterocycles. The Bertz CT molecular complexity index is 389. The standard InChI is InChI=1S/C12H21N3O/c1-3-14-6-7-15(12(14)16)9-10(2)8-13-11-4-5-11/h6-7,10-11,13H,3-5,8-9H2,1-2H3. The Labute approximate surface area is 96.3 Å². The molecular formula is C12H21N3O. The van der Waals surface area contributed by atoms with Gasteiger partial charge in [-0.2, -0.15) is 0 Å². The van der Waals surface area contributed by atoms with Crippen molar-refractivity contribution in [1.29, 1.82) is 0 Å². The lowest BCUT2D eigenvalue weighted by Gasteiger charge is -2.12. The average Bonchev–Trinajstić information content (AvgIpc) is 3.03. The number of hydrogen-bond acceptors (Lipinski definition) is 2. The lowest BCUT2D eigenvalue weighted by Crippen LogP contribution is -2.30. The highest BCUT2D eigenvalue weighted by atomic mass is 16.1. The molecule has 1 saturated carbocycles. The van der Waals surface area contributed by atoms with Gasteiger partial charge < -0.3 is 5.32 Å². The molecule has 1 aliphatic rings. The predicted molar refractivity (Wildman–Crippen MR) is 64.6 cm³/mol. The van der Waals surface area contributed by atoms with E-state index in [0.29, 0.717) is 5.92 Å². The van der Waals surface area contributed by atoms with Gasteiger partial charge in [0, 0.05) is 31.5 Å². The second-order valence-corrected chi connectivity index (χ2v) is 4.81. The van der Waals surface area contributed by atoms with E-state index in [4.69, 9.17) is 0 Å². The molecule has 0 amide bonds. The van der Waals surface area contributed by atoms with E-state index in [1.807, 2.05) is 23.9 Å². The zero-order chi connectivity index (χ0) is 11.5. The van der Waals surface area contributed by atoms with Gasteiger partial charge in [0.05, 0.1) is 0 Å². The number of nitrogens with zero attached hydrogens (tertiary/aromatic N) is 2. The van der Waals surface area contributed by atoms with Crippen LogP contribution in [0.1, 0.15) is 26.7 Å². The van der Waals surface area contributed by atoms with Crippen LogP contribution in [0.3, 0.4) is 0 Å². The number of aromatic nitrogens is 2. The van der Waals surface area contributed by atoms with Gasteiger partial charge in [-0.05, 0) is 32.2 Å². The smallest absolute Gasteiger partial charge is 0.314 e. The Morgan fingerprint density at radius 2 is 2.12 bits per heavy atom. The van der Waals surface area contributed by atoms with Gasteiger partial charge in [0.15, 0.2) is 0 Å². The number of rotatable bonds is 6. The van der Waals surface area contributed by atoms with E-state index in [-0.39, 0.29) is 5.69 Å². The minimum atomic E-state index is 0.112. The van der Waals surface area contributed by atoms with Gasteiger partial charge in [-0.25, -0.2) is 4.79 Å². The van der Waals surface area contributed by atoms with Crippen LogP contribution in [-0.4, -0.2) is 21.7 Å². The molecule has 0 radical (unpaired) electrons. The van der Waals surface area contributed by atoms with E-state index >= 15 is 0 Å². The third-order valence-corrected chi connectivity index (χ3v) is 3.10. The van der Waals surface area contributed by atoms with Crippen LogP contribution < -0.4 is 11.0 Å². The zero-order valence-electron chi connectivity index (χ0n) is 10.1. The topological polar surface area (TPSA) is 39.0 Å². The highest BCUT2D eigenvalue weighted by molar-refractivity contribution is 4.84. The lowest BCUT2D eigenvalue weighted by atomic mass is 10.2. The molecular weight excluding hydrogens is 202 g/mol. The van der Waals surface area contributed by atoms with Gasteiger partial charge in [-0.3, -0.25) is 9.13 Å². The molecule has 0 spiro atoms. The van der Waals surface area contributed by atoms with Crippen LogP contribution in [-0.2, 0) is 13.1 Å². The van der Waals surface area contributed by atoms with Crippen LogP contribution in [0.15, 0.2) is 17.2 Å². The molecule has 0 aromatic carbocycles. The Morgan fingerprint density at radius 1 is 1.44 bits per heavy atom. The fourth-order valence-corrected chi connectivity index (χ4v) is 1.89. The van der Waals surface area contributed by atoms with Gasteiger partial charge in [0.25, 0.3) is 0 Å². The van der Waals surface area contributed by atoms with Gasteiger partial charge in [0.1, 0.15) is 0 Å². The highest BCUT2D eigenvalue weighted by Crippen LogP contribution is 2.18. The fourth-order valence-electron chi connectivity index (χ4n) is 1.89. The van der Waals surface area contributed by atoms with Crippen molar-refractivity contribution >= 4 is 0 Å². The minimum absolute atomic E-state index is 0.112. The van der Waals surface area contributed by atoms with Gasteiger partial charge >= 0.3 is 5.69 Å². The Balaban J connectivity index is 1.86. The van der Waals surface area contributed by atoms with Gasteiger partial charge in [-0.1, -0.05) is 6.92 Å². The van der Waals surface area contributed by atoms with Gasteiger partial charge in [0.2, 0.25) is 0 Å². The summed E-state index contributed by atoms with van der Waals surface area (Å²) >= 11 is 0. The largest absolute Gasteiger partial charge is 0.328 e. The summed E-state index contributed by atoms with van der Waals surface area (Å²) in [5.74, 6) is 0.506. The molecule has 1 aromatic rings. The first-order valence-corrected chi connectivity index (χ1v) is 6.19. The zero-order valence-corrected chi connectivity index (χ0v) is 10.1. The van der Waals surface area contributed by atoms with Crippen LogP contribution in [0.5, 0.6) is 0 Å². The summed E-state index contributed by atoms with van der Waals surface area (Å²) in [6.07, 6.45) is 6.39. The van der Waals surface area contributed by atoms with Crippen molar-refractivity contribution in [1.82, 2.24) is 14.5 Å². The van der Waals surface area contributed by atoms with E-state index in [0.717, 1.165) is 25.7 Å². The van der Waals surface area contributed by atoms with E-state index in [2.05, 4.69) is 12.2 Å². The number of aryl methyl sites for hydroxylation is 1. The molecule has 1 heterocycles. The first kappa shape index (κ1) is 11.5. The summed E-state index contributed by atoms with van der Waals surface area (Å²) in [6.45, 7) is 6.75. The minimum Gasteiger partial charge on any atom is -0.314 e. The molecule has 1 atom stereocenters. The molecule has 4 nitrogen and oxygen atoms in total. The van der Waals surface area contributed by atoms with Crippen LogP contribution in [0.4, 0.5) is 0 Å². The monoisotopic (exact) mass is 223 g/mol. The van der Waals surface area contributed by atoms with Crippen LogP contribution in [0.25, 0.3) is 0 Å². The Hall–Kier alpha value is -1.03. The van der Waals surface area contributed by atoms with Crippen molar-refractivity contribution in [3.05, 3.63) is 22.9 Å². The third-order valence-electron chi connectivity index (χ3n) is 3.10. The van der Waals surface area contributed by atoms with Crippen LogP contribution in [0.2, 0.25) is 0 Å². The molecule has 0 aliphatic heterocycles. The predicted octanol–water partition coefficient (Wildman–Crippen LogP) is 1.06. The quantitative estimate of drug-likeness (QED) is 0.783. The molecule has 90 valence electrons. The van der Waals surface area contributed by atoms with Crippen molar-refractivity contribution in [2.75, 3.05) is 6.54 Å². The summed E-state index contributed by atoms with van der Waals surface area (Å²) in [7, 11) is 0. The molecule has 16 heavy (non-hydrogen) atoms. The SMILES string of the molecule is CCn1ccn(CC(C)CNC2CC2)c1=O. The normalized spacial score (nSPS) is 17.6. The van der Waals surface area contributed by atoms with Crippen molar-refractivity contribution in [3.8, 4) is 0 Å². The molecule has 1 unspecified atom stereocenters. The van der Waals surface area contributed by atoms with E-state index in [1.165, 1.54) is 12.8 Å². The Morgan fingerprint density at radius 3 is 2.69 bits per heavy atom. The summed E-state index contributed by atoms with van der Waals surface area (Å²) in [6, 6.07) is 0.749. The molecule has 0 bridgehead atoms. The third kappa shape index (κ3) is 2.76. The molecule has 1 aliphatic carbocycles. The van der Waals surface area contributed by atoms with Gasteiger partial charge in [-0.15, -0.1) is 0 Å². The van der Waals surface area contributed by atoms with Crippen molar-refractivity contribution in [2.24, 2.45) is 5.92 Å². The van der Waals surface area contributed by atoms with Crippen molar-refractivity contribution < 1.29 is 0 Å². The first-order chi connectivity index (χ1) is 7.70. The summed E-state index contributed by atoms with van der Waals surface area (Å²) in [5.41, 5.74) is 0.112. The molecule has 1 aromatic heterocycles. The van der Waals surface area contributed by atoms with Crippen LogP contribution >= 0.6 is 0 Å². The average molecular weight is 223 g/mol. The highest BCUT2D eigenvalue weighted by Gasteiger charge is 2.20. The lowest BCUT2D eigenvalue weighted by molar-refractivity contribution is 0.434. The van der Waals surface area contributed by atoms with E-state index < -0.39 is 0 Å². The molecule has 1 fully saturated rings.